The molecule has 0 saturated heterocycles. The minimum atomic E-state index is -0.866. The Labute approximate surface area is 223 Å². The molecule has 5 rings (SSSR count). The molecule has 3 aromatic heterocycles. The number of rotatable bonds is 6. The second-order valence-corrected chi connectivity index (χ2v) is 8.28. The first kappa shape index (κ1) is 27.0. The quantitative estimate of drug-likeness (QED) is 0.236. The standard InChI is InChI=1S/C26H22N4O4.ClH.Cr/c31-25(32)7-1-15-9-21-12-19-5-3-17(27-19)11-18-4-6-20(28-18)13-22-10-16(2-8-26(33)34)24(30-22)14-23(15)29-21;;/h3-6,9-14,29-30H,1-2,7-8H2,(H,31,32)(H,33,34);1H;. The van der Waals surface area contributed by atoms with E-state index < -0.39 is 11.9 Å². The number of hydrogen-bond donors (Lipinski definition) is 4. The number of carboxylic acid groups (broad SMARTS) is 2. The number of nitrogens with zero attached hydrogens (tertiary/aromatic N) is 2. The first-order chi connectivity index (χ1) is 16.4. The second-order valence-electron chi connectivity index (χ2n) is 8.28. The molecule has 36 heavy (non-hydrogen) atoms. The van der Waals surface area contributed by atoms with Gasteiger partial charge in [0.05, 0.1) is 22.8 Å². The number of carbonyl (C=O) groups is 2. The molecule has 0 amide bonds. The maximum Gasteiger partial charge on any atom is 0.303 e. The Morgan fingerprint density at radius 1 is 0.639 bits per heavy atom. The molecule has 2 aliphatic rings. The van der Waals surface area contributed by atoms with Gasteiger partial charge in [0.25, 0.3) is 0 Å². The zero-order valence-electron chi connectivity index (χ0n) is 19.0. The maximum atomic E-state index is 11.2. The first-order valence-electron chi connectivity index (χ1n) is 10.9. The smallest absolute Gasteiger partial charge is 0.303 e. The fraction of sp³-hybridized carbons (Fsp3) is 0.154. The summed E-state index contributed by atoms with van der Waals surface area (Å²) in [5.41, 5.74) is 8.04. The number of H-pyrrole nitrogens is 2. The molecule has 184 valence electrons. The summed E-state index contributed by atoms with van der Waals surface area (Å²) in [6.07, 6.45) is 8.43. The van der Waals surface area contributed by atoms with Crippen molar-refractivity contribution in [2.24, 2.45) is 0 Å². The summed E-state index contributed by atoms with van der Waals surface area (Å²) in [6, 6.07) is 11.5. The summed E-state index contributed by atoms with van der Waals surface area (Å²) in [4.78, 5) is 38.4. The Hall–Kier alpha value is -3.64. The zero-order chi connectivity index (χ0) is 23.7. The van der Waals surface area contributed by atoms with Crippen LogP contribution in [0.4, 0.5) is 0 Å². The average Bonchev–Trinajstić information content (AvgIpc) is 3.55. The number of nitrogens with one attached hydrogen (secondary N) is 2. The van der Waals surface area contributed by atoms with Gasteiger partial charge in [-0.05, 0) is 84.7 Å². The van der Waals surface area contributed by atoms with E-state index in [1.807, 2.05) is 60.7 Å². The Morgan fingerprint density at radius 2 is 1.03 bits per heavy atom. The molecular weight excluding hydrogens is 520 g/mol. The minimum Gasteiger partial charge on any atom is -0.481 e. The van der Waals surface area contributed by atoms with E-state index in [2.05, 4.69) is 19.9 Å². The summed E-state index contributed by atoms with van der Waals surface area (Å²) < 4.78 is 0. The Bertz CT molecular complexity index is 1430. The third-order valence-electron chi connectivity index (χ3n) is 5.68. The van der Waals surface area contributed by atoms with Crippen LogP contribution >= 0.6 is 12.4 Å². The van der Waals surface area contributed by atoms with Crippen molar-refractivity contribution in [2.45, 2.75) is 25.7 Å². The van der Waals surface area contributed by atoms with Gasteiger partial charge in [0, 0.05) is 52.3 Å². The Kier molecular flexibility index (Phi) is 8.54. The van der Waals surface area contributed by atoms with Gasteiger partial charge in [-0.3, -0.25) is 9.59 Å². The van der Waals surface area contributed by atoms with Crippen LogP contribution in [0, 0.1) is 0 Å². The van der Waals surface area contributed by atoms with Crippen LogP contribution in [0.2, 0.25) is 0 Å². The van der Waals surface area contributed by atoms with Crippen molar-refractivity contribution in [3.63, 3.8) is 0 Å². The molecule has 0 atom stereocenters. The predicted molar refractivity (Wildman–Crippen MR) is 138 cm³/mol. The van der Waals surface area contributed by atoms with Gasteiger partial charge in [-0.25, -0.2) is 9.97 Å². The average molecular weight is 543 g/mol. The molecule has 0 aliphatic carbocycles. The number of carboxylic acids is 2. The van der Waals surface area contributed by atoms with Crippen LogP contribution in [0.25, 0.3) is 46.4 Å². The molecule has 0 radical (unpaired) electrons. The van der Waals surface area contributed by atoms with E-state index in [1.165, 1.54) is 0 Å². The van der Waals surface area contributed by atoms with Crippen molar-refractivity contribution in [1.82, 2.24) is 19.9 Å². The number of aryl methyl sites for hydroxylation is 2. The fourth-order valence-corrected chi connectivity index (χ4v) is 4.11. The van der Waals surface area contributed by atoms with Crippen molar-refractivity contribution in [1.29, 1.82) is 0 Å². The van der Waals surface area contributed by atoms with Gasteiger partial charge in [0.15, 0.2) is 0 Å². The van der Waals surface area contributed by atoms with Gasteiger partial charge < -0.3 is 20.2 Å². The Balaban J connectivity index is 0.00000180. The van der Waals surface area contributed by atoms with E-state index in [-0.39, 0.29) is 42.6 Å². The van der Waals surface area contributed by atoms with Crippen molar-refractivity contribution < 1.29 is 37.2 Å². The van der Waals surface area contributed by atoms with Crippen LogP contribution in [0.5, 0.6) is 0 Å². The minimum absolute atomic E-state index is 0. The summed E-state index contributed by atoms with van der Waals surface area (Å²) in [6.45, 7) is 0. The molecule has 8 bridgehead atoms. The molecule has 8 nitrogen and oxygen atoms in total. The van der Waals surface area contributed by atoms with Gasteiger partial charge in [0.2, 0.25) is 0 Å². The molecule has 0 fully saturated rings. The molecule has 0 aromatic carbocycles. The maximum absolute atomic E-state index is 11.2. The van der Waals surface area contributed by atoms with E-state index in [0.717, 1.165) is 56.0 Å². The number of aliphatic carboxylic acids is 2. The molecule has 4 N–H and O–H groups in total. The number of aromatic nitrogens is 4. The van der Waals surface area contributed by atoms with Crippen LogP contribution in [-0.4, -0.2) is 42.1 Å². The van der Waals surface area contributed by atoms with Gasteiger partial charge >= 0.3 is 11.9 Å². The van der Waals surface area contributed by atoms with E-state index in [1.54, 1.807) is 0 Å². The van der Waals surface area contributed by atoms with Gasteiger partial charge in [-0.2, -0.15) is 0 Å². The molecule has 10 heteroatoms. The molecular formula is C26H23ClCrN4O4. The zero-order valence-corrected chi connectivity index (χ0v) is 21.1. The van der Waals surface area contributed by atoms with Gasteiger partial charge in [-0.1, -0.05) is 0 Å². The van der Waals surface area contributed by atoms with Crippen LogP contribution < -0.4 is 0 Å². The number of aromatic amines is 2. The molecule has 0 unspecified atom stereocenters. The first-order valence-corrected chi connectivity index (χ1v) is 10.9. The molecule has 2 aliphatic heterocycles. The van der Waals surface area contributed by atoms with Crippen LogP contribution in [0.15, 0.2) is 36.4 Å². The summed E-state index contributed by atoms with van der Waals surface area (Å²) in [5.74, 6) is -1.73. The second kappa shape index (κ2) is 11.4. The molecule has 0 saturated carbocycles. The number of hydrogen-bond acceptors (Lipinski definition) is 4. The normalized spacial score (nSPS) is 11.6. The number of halogens is 1. The van der Waals surface area contributed by atoms with Crippen molar-refractivity contribution in [2.75, 3.05) is 0 Å². The summed E-state index contributed by atoms with van der Waals surface area (Å²) in [7, 11) is 0. The SMILES string of the molecule is Cl.O=C(O)CCc1cc2cc3nc(cc4nc(cc5cc(CCC(=O)O)c(cc1[nH]2)[nH]5)C=C4)C=C3.[Cr]. The molecule has 5 heterocycles. The third-order valence-corrected chi connectivity index (χ3v) is 5.68. The molecule has 3 aromatic rings. The van der Waals surface area contributed by atoms with Crippen LogP contribution in [0.1, 0.15) is 46.7 Å². The van der Waals surface area contributed by atoms with E-state index in [0.29, 0.717) is 12.8 Å². The van der Waals surface area contributed by atoms with E-state index in [9.17, 15) is 19.8 Å². The largest absolute Gasteiger partial charge is 0.481 e. The van der Waals surface area contributed by atoms with Crippen molar-refractivity contribution in [3.8, 4) is 0 Å². The van der Waals surface area contributed by atoms with Gasteiger partial charge in [0.1, 0.15) is 0 Å². The fourth-order valence-electron chi connectivity index (χ4n) is 4.11. The monoisotopic (exact) mass is 542 g/mol. The van der Waals surface area contributed by atoms with E-state index >= 15 is 0 Å². The Morgan fingerprint density at radius 3 is 1.42 bits per heavy atom. The van der Waals surface area contributed by atoms with Gasteiger partial charge in [-0.15, -0.1) is 12.4 Å². The predicted octanol–water partition coefficient (Wildman–Crippen LogP) is 5.11. The topological polar surface area (TPSA) is 132 Å². The summed E-state index contributed by atoms with van der Waals surface area (Å²) >= 11 is 0. The van der Waals surface area contributed by atoms with Crippen molar-refractivity contribution >= 4 is 70.7 Å². The number of fused-ring (bicyclic) bond motifs is 8. The molecule has 0 spiro atoms. The van der Waals surface area contributed by atoms with Crippen LogP contribution in [-0.2, 0) is 39.8 Å². The van der Waals surface area contributed by atoms with Crippen molar-refractivity contribution in [3.05, 3.63) is 70.3 Å². The summed E-state index contributed by atoms with van der Waals surface area (Å²) in [5, 5.41) is 18.4. The van der Waals surface area contributed by atoms with Crippen LogP contribution in [0.3, 0.4) is 0 Å². The van der Waals surface area contributed by atoms with E-state index in [4.69, 9.17) is 0 Å². The third kappa shape index (κ3) is 6.32.